The van der Waals surface area contributed by atoms with Crippen molar-refractivity contribution in [3.05, 3.63) is 65.5 Å². The van der Waals surface area contributed by atoms with Crippen molar-refractivity contribution >= 4 is 22.5 Å². The molecule has 4 fully saturated rings. The zero-order chi connectivity index (χ0) is 30.0. The van der Waals surface area contributed by atoms with Crippen LogP contribution < -0.4 is 9.64 Å². The van der Waals surface area contributed by atoms with Crippen LogP contribution in [0.5, 0.6) is 5.88 Å². The van der Waals surface area contributed by atoms with Gasteiger partial charge in [-0.1, -0.05) is 24.8 Å². The number of hydrogen-bond donors (Lipinski definition) is 0. The molecule has 1 aromatic heterocycles. The van der Waals surface area contributed by atoms with Gasteiger partial charge in [0.2, 0.25) is 11.8 Å². The third-order valence-electron chi connectivity index (χ3n) is 11.1. The van der Waals surface area contributed by atoms with Gasteiger partial charge in [-0.2, -0.15) is 5.26 Å². The minimum absolute atomic E-state index is 0.000557. The fourth-order valence-corrected chi connectivity index (χ4v) is 8.92. The van der Waals surface area contributed by atoms with Crippen LogP contribution in [0.3, 0.4) is 0 Å². The number of amides is 1. The van der Waals surface area contributed by atoms with Gasteiger partial charge in [-0.05, 0) is 106 Å². The number of aromatic nitrogens is 1. The number of fused-ring (bicyclic) bond motifs is 4. The Labute approximate surface area is 257 Å². The van der Waals surface area contributed by atoms with Gasteiger partial charge in [0, 0.05) is 24.0 Å². The van der Waals surface area contributed by atoms with Crippen molar-refractivity contribution in [3.63, 3.8) is 0 Å². The van der Waals surface area contributed by atoms with E-state index in [2.05, 4.69) is 28.5 Å². The summed E-state index contributed by atoms with van der Waals surface area (Å²) in [6, 6.07) is 12.1. The first kappa shape index (κ1) is 27.6. The third kappa shape index (κ3) is 4.16. The number of nitriles is 1. The second kappa shape index (κ2) is 10.6. The van der Waals surface area contributed by atoms with E-state index in [9.17, 15) is 10.1 Å². The summed E-state index contributed by atoms with van der Waals surface area (Å²) in [6.07, 6.45) is 10.9. The molecule has 2 aromatic carbocycles. The lowest BCUT2D eigenvalue weighted by molar-refractivity contribution is -0.127. The van der Waals surface area contributed by atoms with Crippen LogP contribution >= 0.6 is 0 Å². The molecule has 3 aromatic rings. The molecule has 0 bridgehead atoms. The summed E-state index contributed by atoms with van der Waals surface area (Å²) in [6.45, 7) is 7.56. The quantitative estimate of drug-likeness (QED) is 0.339. The zero-order valence-electron chi connectivity index (χ0n) is 25.2. The molecule has 0 unspecified atom stereocenters. The van der Waals surface area contributed by atoms with E-state index in [0.717, 1.165) is 76.4 Å². The summed E-state index contributed by atoms with van der Waals surface area (Å²) in [5.74, 6) is -0.0493. The molecule has 0 spiro atoms. The van der Waals surface area contributed by atoms with Crippen molar-refractivity contribution in [3.8, 4) is 23.1 Å². The standard InChI is InChI=1S/C36H38FN5O2/c1-2-33(43)41-17-12-31-32(41)21-42(31)34-27-18-29(37)26(25-11-5-9-23-8-3-4-10-24(23)25)19-30(27)39-35(28(34)20-38)44-22-36-13-6-15-40(36)16-7-14-36/h2,5,9,11,18-19,31-32H,1,3-4,6-8,10,12-17,21-22H2/t31-,32-/m1/s1. The predicted octanol–water partition coefficient (Wildman–Crippen LogP) is 5.77. The highest BCUT2D eigenvalue weighted by Crippen LogP contribution is 2.46. The molecule has 5 heterocycles. The van der Waals surface area contributed by atoms with E-state index < -0.39 is 0 Å². The number of carbonyl (C=O) groups excluding carboxylic acids is 1. The number of aryl methyl sites for hydroxylation is 1. The number of hydrogen-bond acceptors (Lipinski definition) is 6. The van der Waals surface area contributed by atoms with Crippen molar-refractivity contribution in [2.24, 2.45) is 0 Å². The summed E-state index contributed by atoms with van der Waals surface area (Å²) >= 11 is 0. The first-order chi connectivity index (χ1) is 21.5. The van der Waals surface area contributed by atoms with Crippen LogP contribution in [0, 0.1) is 17.1 Å². The highest BCUT2D eigenvalue weighted by atomic mass is 19.1. The van der Waals surface area contributed by atoms with Gasteiger partial charge in [0.05, 0.1) is 28.8 Å². The number of likely N-dealkylation sites (tertiary alicyclic amines) is 1. The topological polar surface area (TPSA) is 72.7 Å². The zero-order valence-corrected chi connectivity index (χ0v) is 25.2. The highest BCUT2D eigenvalue weighted by Gasteiger charge is 2.50. The van der Waals surface area contributed by atoms with E-state index in [4.69, 9.17) is 9.72 Å². The number of nitrogens with zero attached hydrogens (tertiary/aromatic N) is 5. The minimum Gasteiger partial charge on any atom is -0.475 e. The molecule has 1 amide bonds. The maximum atomic E-state index is 16.2. The Balaban J connectivity index is 1.25. The Bertz CT molecular complexity index is 1720. The van der Waals surface area contributed by atoms with Crippen molar-refractivity contribution in [2.45, 2.75) is 75.4 Å². The van der Waals surface area contributed by atoms with E-state index in [1.807, 2.05) is 23.1 Å². The second-order valence-electron chi connectivity index (χ2n) is 13.3. The molecule has 226 valence electrons. The summed E-state index contributed by atoms with van der Waals surface area (Å²) in [5.41, 5.74) is 5.67. The van der Waals surface area contributed by atoms with E-state index in [1.54, 1.807) is 6.07 Å². The fourth-order valence-electron chi connectivity index (χ4n) is 8.92. The summed E-state index contributed by atoms with van der Waals surface area (Å²) in [4.78, 5) is 24.1. The SMILES string of the molecule is C=CC(=O)N1CC[C@@H]2[C@H]1CN2c1c(C#N)c(OCC23CCCN2CCC3)nc2cc(-c3cccc4c3CCCC4)c(F)cc12. The van der Waals surface area contributed by atoms with Gasteiger partial charge < -0.3 is 14.5 Å². The lowest BCUT2D eigenvalue weighted by atomic mass is 9.85. The van der Waals surface area contributed by atoms with Gasteiger partial charge in [0.15, 0.2) is 0 Å². The lowest BCUT2D eigenvalue weighted by Gasteiger charge is -2.48. The molecule has 2 atom stereocenters. The van der Waals surface area contributed by atoms with Crippen LogP contribution in [-0.2, 0) is 17.6 Å². The Hall–Kier alpha value is -3.96. The number of rotatable bonds is 6. The van der Waals surface area contributed by atoms with Crippen LogP contribution in [0.2, 0.25) is 0 Å². The second-order valence-corrected chi connectivity index (χ2v) is 13.3. The molecular formula is C36H38FN5O2. The van der Waals surface area contributed by atoms with E-state index in [0.29, 0.717) is 53.3 Å². The molecule has 4 saturated heterocycles. The van der Waals surface area contributed by atoms with E-state index in [1.165, 1.54) is 17.2 Å². The molecule has 44 heavy (non-hydrogen) atoms. The molecule has 0 radical (unpaired) electrons. The van der Waals surface area contributed by atoms with Crippen LogP contribution in [0.4, 0.5) is 10.1 Å². The van der Waals surface area contributed by atoms with Crippen molar-refractivity contribution in [2.75, 3.05) is 37.7 Å². The normalized spacial score (nSPS) is 23.5. The molecule has 8 rings (SSSR count). The first-order valence-electron chi connectivity index (χ1n) is 16.3. The lowest BCUT2D eigenvalue weighted by Crippen LogP contribution is -2.63. The average Bonchev–Trinajstić information content (AvgIpc) is 3.72. The Morgan fingerprint density at radius 3 is 2.73 bits per heavy atom. The Morgan fingerprint density at radius 2 is 1.93 bits per heavy atom. The number of pyridine rings is 1. The predicted molar refractivity (Wildman–Crippen MR) is 168 cm³/mol. The largest absolute Gasteiger partial charge is 0.475 e. The van der Waals surface area contributed by atoms with Gasteiger partial charge >= 0.3 is 0 Å². The van der Waals surface area contributed by atoms with Gasteiger partial charge in [-0.3, -0.25) is 9.69 Å². The fraction of sp³-hybridized carbons (Fsp3) is 0.472. The number of carbonyl (C=O) groups is 1. The average molecular weight is 592 g/mol. The number of ether oxygens (including phenoxy) is 1. The highest BCUT2D eigenvalue weighted by molar-refractivity contribution is 5.99. The Kier molecular flexibility index (Phi) is 6.64. The van der Waals surface area contributed by atoms with Crippen molar-refractivity contribution in [1.82, 2.24) is 14.8 Å². The van der Waals surface area contributed by atoms with Crippen LogP contribution in [0.15, 0.2) is 43.0 Å². The monoisotopic (exact) mass is 591 g/mol. The number of benzene rings is 2. The molecule has 0 N–H and O–H groups in total. The van der Waals surface area contributed by atoms with Gasteiger partial charge in [0.25, 0.3) is 0 Å². The summed E-state index contributed by atoms with van der Waals surface area (Å²) in [5, 5.41) is 11.2. The summed E-state index contributed by atoms with van der Waals surface area (Å²) < 4.78 is 22.8. The van der Waals surface area contributed by atoms with Crippen LogP contribution in [-0.4, -0.2) is 71.1 Å². The van der Waals surface area contributed by atoms with E-state index in [-0.39, 0.29) is 29.3 Å². The van der Waals surface area contributed by atoms with E-state index >= 15 is 4.39 Å². The van der Waals surface area contributed by atoms with Gasteiger partial charge in [-0.15, -0.1) is 0 Å². The third-order valence-corrected chi connectivity index (χ3v) is 11.1. The number of anilines is 1. The minimum atomic E-state index is -0.310. The maximum Gasteiger partial charge on any atom is 0.246 e. The Morgan fingerprint density at radius 1 is 1.11 bits per heavy atom. The van der Waals surface area contributed by atoms with Crippen LogP contribution in [0.1, 0.15) is 61.6 Å². The maximum absolute atomic E-state index is 16.2. The summed E-state index contributed by atoms with van der Waals surface area (Å²) in [7, 11) is 0. The number of halogens is 1. The smallest absolute Gasteiger partial charge is 0.246 e. The molecule has 7 nitrogen and oxygen atoms in total. The van der Waals surface area contributed by atoms with Crippen LogP contribution in [0.25, 0.3) is 22.0 Å². The molecular weight excluding hydrogens is 553 g/mol. The molecule has 1 aliphatic carbocycles. The van der Waals surface area contributed by atoms with Crippen molar-refractivity contribution < 1.29 is 13.9 Å². The van der Waals surface area contributed by atoms with Gasteiger partial charge in [0.1, 0.15) is 24.1 Å². The molecule has 5 aliphatic rings. The molecule has 4 aliphatic heterocycles. The molecule has 8 heteroatoms. The molecule has 0 saturated carbocycles. The van der Waals surface area contributed by atoms with Crippen molar-refractivity contribution in [1.29, 1.82) is 5.26 Å². The first-order valence-corrected chi connectivity index (χ1v) is 16.3. The van der Waals surface area contributed by atoms with Gasteiger partial charge in [-0.25, -0.2) is 9.37 Å².